The second kappa shape index (κ2) is 4.50. The summed E-state index contributed by atoms with van der Waals surface area (Å²) in [6.07, 6.45) is 0. The van der Waals surface area contributed by atoms with Crippen LogP contribution in [0, 0.1) is 0 Å². The minimum absolute atomic E-state index is 0.380. The Kier molecular flexibility index (Phi) is 3.33. The molecule has 0 unspecified atom stereocenters. The number of carbonyl (C=O) groups excluding carboxylic acids is 1. The van der Waals surface area contributed by atoms with Crippen LogP contribution in [0.1, 0.15) is 15.9 Å². The van der Waals surface area contributed by atoms with E-state index in [0.29, 0.717) is 22.6 Å². The van der Waals surface area contributed by atoms with Crippen LogP contribution in [0.25, 0.3) is 5.76 Å². The van der Waals surface area contributed by atoms with E-state index in [2.05, 4.69) is 11.3 Å². The summed E-state index contributed by atoms with van der Waals surface area (Å²) in [6.45, 7) is 3.68. The summed E-state index contributed by atoms with van der Waals surface area (Å²) < 4.78 is 9.55. The van der Waals surface area contributed by atoms with Crippen LogP contribution in [0.4, 0.5) is 5.69 Å². The van der Waals surface area contributed by atoms with E-state index in [4.69, 9.17) is 10.5 Å². The van der Waals surface area contributed by atoms with Gasteiger partial charge < -0.3 is 15.2 Å². The predicted molar refractivity (Wildman–Crippen MR) is 58.2 cm³/mol. The molecule has 80 valence electrons. The summed E-state index contributed by atoms with van der Waals surface area (Å²) in [5.41, 5.74) is 7.15. The standard InChI is InChI=1S/C11H13NO3/c1-7(14-2)8-4-9(11(13)15-3)6-10(12)5-8/h4-6H,1,12H2,2-3H3. The number of hydrogen-bond donors (Lipinski definition) is 1. The van der Waals surface area contributed by atoms with Gasteiger partial charge in [0, 0.05) is 11.3 Å². The Morgan fingerprint density at radius 3 is 2.33 bits per heavy atom. The number of nitrogen functional groups attached to an aromatic ring is 1. The molecular weight excluding hydrogens is 194 g/mol. The van der Waals surface area contributed by atoms with E-state index in [1.807, 2.05) is 0 Å². The number of methoxy groups -OCH3 is 2. The van der Waals surface area contributed by atoms with Crippen LogP contribution in [-0.4, -0.2) is 20.2 Å². The van der Waals surface area contributed by atoms with Crippen molar-refractivity contribution in [1.29, 1.82) is 0 Å². The molecule has 0 aliphatic carbocycles. The van der Waals surface area contributed by atoms with Gasteiger partial charge in [-0.3, -0.25) is 0 Å². The van der Waals surface area contributed by atoms with Crippen LogP contribution in [0.3, 0.4) is 0 Å². The number of carbonyl (C=O) groups is 1. The molecule has 0 spiro atoms. The zero-order chi connectivity index (χ0) is 11.4. The van der Waals surface area contributed by atoms with Gasteiger partial charge >= 0.3 is 5.97 Å². The van der Waals surface area contributed by atoms with Crippen LogP contribution in [0.2, 0.25) is 0 Å². The number of ether oxygens (including phenoxy) is 2. The third-order valence-electron chi connectivity index (χ3n) is 1.94. The van der Waals surface area contributed by atoms with Crippen molar-refractivity contribution in [1.82, 2.24) is 0 Å². The van der Waals surface area contributed by atoms with Crippen molar-refractivity contribution in [2.75, 3.05) is 20.0 Å². The highest BCUT2D eigenvalue weighted by Gasteiger charge is 2.09. The van der Waals surface area contributed by atoms with Gasteiger partial charge in [0.2, 0.25) is 0 Å². The van der Waals surface area contributed by atoms with Gasteiger partial charge in [0.05, 0.1) is 19.8 Å². The normalized spacial score (nSPS) is 9.47. The summed E-state index contributed by atoms with van der Waals surface area (Å²) in [4.78, 5) is 11.3. The van der Waals surface area contributed by atoms with Crippen molar-refractivity contribution in [3.05, 3.63) is 35.9 Å². The van der Waals surface area contributed by atoms with E-state index in [1.54, 1.807) is 12.1 Å². The average Bonchev–Trinajstić information content (AvgIpc) is 2.26. The van der Waals surface area contributed by atoms with E-state index in [0.717, 1.165) is 0 Å². The summed E-state index contributed by atoms with van der Waals surface area (Å²) in [5.74, 6) is 0.0138. The minimum atomic E-state index is -0.438. The molecule has 2 N–H and O–H groups in total. The molecule has 0 atom stereocenters. The quantitative estimate of drug-likeness (QED) is 0.465. The zero-order valence-electron chi connectivity index (χ0n) is 8.74. The summed E-state index contributed by atoms with van der Waals surface area (Å²) in [7, 11) is 2.82. The van der Waals surface area contributed by atoms with Gasteiger partial charge in [-0.1, -0.05) is 6.58 Å². The fourth-order valence-corrected chi connectivity index (χ4v) is 1.17. The van der Waals surface area contributed by atoms with Gasteiger partial charge in [-0.15, -0.1) is 0 Å². The number of esters is 1. The average molecular weight is 207 g/mol. The molecule has 0 saturated heterocycles. The molecule has 0 bridgehead atoms. The third kappa shape index (κ3) is 2.49. The van der Waals surface area contributed by atoms with Crippen molar-refractivity contribution in [3.8, 4) is 0 Å². The van der Waals surface area contributed by atoms with Crippen molar-refractivity contribution in [2.24, 2.45) is 0 Å². The Bertz CT molecular complexity index is 365. The highest BCUT2D eigenvalue weighted by Crippen LogP contribution is 2.19. The number of nitrogens with two attached hydrogens (primary N) is 1. The van der Waals surface area contributed by atoms with E-state index < -0.39 is 5.97 Å². The van der Waals surface area contributed by atoms with Gasteiger partial charge in [0.25, 0.3) is 0 Å². The summed E-state index contributed by atoms with van der Waals surface area (Å²) >= 11 is 0. The molecule has 1 aromatic carbocycles. The van der Waals surface area contributed by atoms with Gasteiger partial charge in [-0.25, -0.2) is 4.79 Å². The molecule has 15 heavy (non-hydrogen) atoms. The smallest absolute Gasteiger partial charge is 0.337 e. The largest absolute Gasteiger partial charge is 0.497 e. The van der Waals surface area contributed by atoms with Crippen molar-refractivity contribution in [3.63, 3.8) is 0 Å². The second-order valence-electron chi connectivity index (χ2n) is 2.96. The van der Waals surface area contributed by atoms with Crippen molar-refractivity contribution >= 4 is 17.4 Å². The molecule has 0 aromatic heterocycles. The fraction of sp³-hybridized carbons (Fsp3) is 0.182. The first-order chi connectivity index (χ1) is 7.08. The SMILES string of the molecule is C=C(OC)c1cc(N)cc(C(=O)OC)c1. The molecule has 0 heterocycles. The van der Waals surface area contributed by atoms with E-state index in [-0.39, 0.29) is 0 Å². The molecule has 1 rings (SSSR count). The van der Waals surface area contributed by atoms with Gasteiger partial charge in [0.15, 0.2) is 0 Å². The molecule has 4 nitrogen and oxygen atoms in total. The molecule has 0 saturated carbocycles. The summed E-state index contributed by atoms with van der Waals surface area (Å²) in [6, 6.07) is 4.84. The highest BCUT2D eigenvalue weighted by molar-refractivity contribution is 5.91. The lowest BCUT2D eigenvalue weighted by atomic mass is 10.1. The van der Waals surface area contributed by atoms with Crippen LogP contribution in [0.5, 0.6) is 0 Å². The Balaban J connectivity index is 3.16. The molecule has 0 fully saturated rings. The molecule has 1 aromatic rings. The van der Waals surface area contributed by atoms with Crippen molar-refractivity contribution in [2.45, 2.75) is 0 Å². The first-order valence-corrected chi connectivity index (χ1v) is 4.30. The number of hydrogen-bond acceptors (Lipinski definition) is 4. The Morgan fingerprint density at radius 2 is 1.80 bits per heavy atom. The maximum absolute atomic E-state index is 11.3. The summed E-state index contributed by atoms with van der Waals surface area (Å²) in [5, 5.41) is 0. The lowest BCUT2D eigenvalue weighted by molar-refractivity contribution is 0.0600. The van der Waals surface area contributed by atoms with E-state index in [9.17, 15) is 4.79 Å². The van der Waals surface area contributed by atoms with Crippen LogP contribution >= 0.6 is 0 Å². The first-order valence-electron chi connectivity index (χ1n) is 4.30. The number of anilines is 1. The maximum atomic E-state index is 11.3. The zero-order valence-corrected chi connectivity index (χ0v) is 8.74. The Labute approximate surface area is 88.3 Å². The topological polar surface area (TPSA) is 61.5 Å². The lowest BCUT2D eigenvalue weighted by Crippen LogP contribution is -2.03. The molecular formula is C11H13NO3. The van der Waals surface area contributed by atoms with E-state index >= 15 is 0 Å². The van der Waals surface area contributed by atoms with Crippen LogP contribution < -0.4 is 5.73 Å². The monoisotopic (exact) mass is 207 g/mol. The number of rotatable bonds is 3. The van der Waals surface area contributed by atoms with E-state index in [1.165, 1.54) is 20.3 Å². The van der Waals surface area contributed by atoms with Gasteiger partial charge in [-0.2, -0.15) is 0 Å². The third-order valence-corrected chi connectivity index (χ3v) is 1.94. The molecule has 4 heteroatoms. The van der Waals surface area contributed by atoms with Crippen LogP contribution in [-0.2, 0) is 9.47 Å². The predicted octanol–water partition coefficient (Wildman–Crippen LogP) is 1.67. The van der Waals surface area contributed by atoms with Crippen molar-refractivity contribution < 1.29 is 14.3 Å². The number of benzene rings is 1. The Hall–Kier alpha value is -1.97. The van der Waals surface area contributed by atoms with Gasteiger partial charge in [-0.05, 0) is 18.2 Å². The second-order valence-corrected chi connectivity index (χ2v) is 2.96. The van der Waals surface area contributed by atoms with Gasteiger partial charge in [0.1, 0.15) is 5.76 Å². The lowest BCUT2D eigenvalue weighted by Gasteiger charge is -2.07. The molecule has 0 aliphatic heterocycles. The van der Waals surface area contributed by atoms with Crippen LogP contribution in [0.15, 0.2) is 24.8 Å². The first kappa shape index (κ1) is 11.1. The molecule has 0 radical (unpaired) electrons. The maximum Gasteiger partial charge on any atom is 0.337 e. The minimum Gasteiger partial charge on any atom is -0.497 e. The Morgan fingerprint density at radius 1 is 1.20 bits per heavy atom. The molecule has 0 aliphatic rings. The highest BCUT2D eigenvalue weighted by atomic mass is 16.5. The molecule has 0 amide bonds. The fourth-order valence-electron chi connectivity index (χ4n) is 1.17.